The molecule has 0 bridgehead atoms. The number of ketones is 2. The molecule has 4 rings (SSSR count). The van der Waals surface area contributed by atoms with Gasteiger partial charge in [0, 0.05) is 23.2 Å². The van der Waals surface area contributed by atoms with Gasteiger partial charge in [-0.2, -0.15) is 0 Å². The number of ether oxygens (including phenoxy) is 1. The van der Waals surface area contributed by atoms with Crippen LogP contribution >= 0.6 is 0 Å². The number of halogens is 1. The van der Waals surface area contributed by atoms with E-state index in [1.165, 1.54) is 12.2 Å². The number of carboxylic acid groups (broad SMARTS) is 1. The Labute approximate surface area is 192 Å². The van der Waals surface area contributed by atoms with Crippen LogP contribution in [0, 0.1) is 28.6 Å². The summed E-state index contributed by atoms with van der Waals surface area (Å²) in [4.78, 5) is 49.3. The first-order valence-electron chi connectivity index (χ1n) is 11.7. The molecule has 0 saturated heterocycles. The monoisotopic (exact) mass is 462 g/mol. The smallest absolute Gasteiger partial charge is 0.376 e. The van der Waals surface area contributed by atoms with Crippen molar-refractivity contribution in [2.45, 2.75) is 77.2 Å². The van der Waals surface area contributed by atoms with Crippen LogP contribution in [0.3, 0.4) is 0 Å². The Morgan fingerprint density at radius 3 is 2.61 bits per heavy atom. The lowest BCUT2D eigenvalue weighted by molar-refractivity contribution is -0.202. The van der Waals surface area contributed by atoms with Gasteiger partial charge in [-0.15, -0.1) is 0 Å². The minimum absolute atomic E-state index is 0.0232. The summed E-state index contributed by atoms with van der Waals surface area (Å²) in [5.74, 6) is -4.91. The first-order chi connectivity index (χ1) is 15.4. The van der Waals surface area contributed by atoms with E-state index in [2.05, 4.69) is 0 Å². The van der Waals surface area contributed by atoms with Crippen molar-refractivity contribution in [1.29, 1.82) is 0 Å². The molecule has 4 aliphatic carbocycles. The maximum atomic E-state index is 15.4. The average molecular weight is 463 g/mol. The molecule has 0 amide bonds. The number of hydrogen-bond donors (Lipinski definition) is 2. The predicted molar refractivity (Wildman–Crippen MR) is 115 cm³/mol. The second-order valence-electron chi connectivity index (χ2n) is 10.5. The van der Waals surface area contributed by atoms with E-state index < -0.39 is 52.3 Å². The van der Waals surface area contributed by atoms with Crippen molar-refractivity contribution < 1.29 is 38.5 Å². The Hall–Kier alpha value is -2.35. The van der Waals surface area contributed by atoms with Crippen molar-refractivity contribution in [3.8, 4) is 0 Å². The number of aliphatic hydroxyl groups excluding tert-OH is 1. The van der Waals surface area contributed by atoms with Crippen LogP contribution in [-0.4, -0.2) is 51.6 Å². The molecule has 0 radical (unpaired) electrons. The van der Waals surface area contributed by atoms with E-state index in [-0.39, 0.29) is 43.3 Å². The molecule has 180 valence electrons. The molecule has 0 unspecified atom stereocenters. The number of Topliss-reactive ketones (excluding diaryl/α,β-unsaturated/α-hetero) is 1. The number of esters is 1. The van der Waals surface area contributed by atoms with E-state index in [4.69, 9.17) is 4.74 Å². The lowest BCUT2D eigenvalue weighted by Crippen LogP contribution is -2.64. The third-order valence-electron chi connectivity index (χ3n) is 8.90. The van der Waals surface area contributed by atoms with Gasteiger partial charge >= 0.3 is 11.9 Å². The maximum Gasteiger partial charge on any atom is 0.376 e. The van der Waals surface area contributed by atoms with Crippen LogP contribution in [0.4, 0.5) is 4.39 Å². The number of fused-ring (bicyclic) bond motifs is 5. The molecule has 0 aliphatic heterocycles. The van der Waals surface area contributed by atoms with Crippen LogP contribution in [0.1, 0.15) is 59.3 Å². The summed E-state index contributed by atoms with van der Waals surface area (Å²) in [5.41, 5.74) is -3.56. The molecule has 7 nitrogen and oxygen atoms in total. The van der Waals surface area contributed by atoms with E-state index in [1.54, 1.807) is 19.9 Å². The van der Waals surface area contributed by atoms with Gasteiger partial charge in [-0.1, -0.05) is 26.8 Å². The predicted octanol–water partition coefficient (Wildman–Crippen LogP) is 2.95. The van der Waals surface area contributed by atoms with Gasteiger partial charge in [0.15, 0.2) is 11.4 Å². The number of aliphatic carboxylic acids is 1. The Morgan fingerprint density at radius 1 is 1.27 bits per heavy atom. The second kappa shape index (κ2) is 7.86. The number of carboxylic acids is 1. The van der Waals surface area contributed by atoms with Crippen molar-refractivity contribution in [3.05, 3.63) is 23.8 Å². The largest absolute Gasteiger partial charge is 0.475 e. The average Bonchev–Trinajstić information content (AvgIpc) is 3.01. The van der Waals surface area contributed by atoms with E-state index in [0.717, 1.165) is 0 Å². The highest BCUT2D eigenvalue weighted by atomic mass is 19.1. The number of rotatable bonds is 5. The first kappa shape index (κ1) is 23.8. The minimum atomic E-state index is -1.90. The topological polar surface area (TPSA) is 118 Å². The van der Waals surface area contributed by atoms with Gasteiger partial charge in [-0.3, -0.25) is 14.4 Å². The molecule has 3 saturated carbocycles. The van der Waals surface area contributed by atoms with Crippen LogP contribution < -0.4 is 0 Å². The summed E-state index contributed by atoms with van der Waals surface area (Å²) < 4.78 is 21.1. The van der Waals surface area contributed by atoms with Crippen LogP contribution in [0.2, 0.25) is 0 Å². The van der Waals surface area contributed by atoms with E-state index >= 15 is 4.39 Å². The highest BCUT2D eigenvalue weighted by Gasteiger charge is 2.72. The van der Waals surface area contributed by atoms with E-state index in [1.807, 2.05) is 6.92 Å². The Balaban J connectivity index is 1.79. The third kappa shape index (κ3) is 3.24. The molecule has 0 aromatic carbocycles. The summed E-state index contributed by atoms with van der Waals surface area (Å²) in [6, 6.07) is 0. The number of carbonyl (C=O) groups excluding carboxylic acids is 3. The molecule has 2 N–H and O–H groups in total. The fraction of sp³-hybridized carbons (Fsp3) is 0.680. The number of hydrogen-bond acceptors (Lipinski definition) is 6. The standard InChI is InChI=1S/C25H31FO7/c1-4-5-19(29)33-25(21(30)22(31)32)9-7-15-14-11-17(26)16-10-13(27)6-8-23(16,2)20(14)18(28)12-24(15,25)3/h6,8,10,14-15,17-18,20,28H,4-5,7,9,11-12H2,1-3H3,(H,31,32)/t14-,15-,17-,18-,20+,23-,24-,25-/m0/s1. The number of allylic oxidation sites excluding steroid dienone is 4. The Morgan fingerprint density at radius 2 is 1.97 bits per heavy atom. The zero-order chi connectivity index (χ0) is 24.3. The second-order valence-corrected chi connectivity index (χ2v) is 10.5. The molecule has 0 spiro atoms. The molecular weight excluding hydrogens is 431 g/mol. The molecule has 0 aromatic heterocycles. The van der Waals surface area contributed by atoms with Gasteiger partial charge in [-0.25, -0.2) is 9.18 Å². The summed E-state index contributed by atoms with van der Waals surface area (Å²) in [6.45, 7) is 5.30. The van der Waals surface area contributed by atoms with E-state index in [9.17, 15) is 29.4 Å². The fourth-order valence-electron chi connectivity index (χ4n) is 7.53. The fourth-order valence-corrected chi connectivity index (χ4v) is 7.53. The van der Waals surface area contributed by atoms with Gasteiger partial charge in [-0.05, 0) is 61.7 Å². The molecule has 0 aromatic rings. The lowest BCUT2D eigenvalue weighted by atomic mass is 9.46. The maximum absolute atomic E-state index is 15.4. The number of aliphatic hydroxyl groups is 1. The normalized spacial score (nSPS) is 43.7. The Kier molecular flexibility index (Phi) is 5.67. The minimum Gasteiger partial charge on any atom is -0.475 e. The van der Waals surface area contributed by atoms with Crippen molar-refractivity contribution in [2.75, 3.05) is 0 Å². The van der Waals surface area contributed by atoms with Crippen LogP contribution in [-0.2, 0) is 23.9 Å². The van der Waals surface area contributed by atoms with Crippen molar-refractivity contribution in [1.82, 2.24) is 0 Å². The molecule has 4 aliphatic rings. The summed E-state index contributed by atoms with van der Waals surface area (Å²) in [7, 11) is 0. The third-order valence-corrected chi connectivity index (χ3v) is 8.90. The van der Waals surface area contributed by atoms with Gasteiger partial charge in [0.25, 0.3) is 5.78 Å². The summed E-state index contributed by atoms with van der Waals surface area (Å²) in [5, 5.41) is 21.0. The first-order valence-corrected chi connectivity index (χ1v) is 11.7. The molecule has 8 atom stereocenters. The zero-order valence-corrected chi connectivity index (χ0v) is 19.2. The molecular formula is C25H31FO7. The van der Waals surface area contributed by atoms with Gasteiger partial charge < -0.3 is 14.9 Å². The number of alkyl halides is 1. The SMILES string of the molecule is CCCC(=O)O[C@]1(C(=O)C(=O)O)CC[C@H]2[C@@H]3C[C@H](F)C4=CC(=O)C=C[C@]4(C)[C@H]3[C@@H](O)C[C@@]21C. The molecule has 33 heavy (non-hydrogen) atoms. The van der Waals surface area contributed by atoms with Crippen LogP contribution in [0.5, 0.6) is 0 Å². The highest BCUT2D eigenvalue weighted by Crippen LogP contribution is 2.68. The molecule has 8 heteroatoms. The van der Waals surface area contributed by atoms with Gasteiger partial charge in [0.05, 0.1) is 6.10 Å². The highest BCUT2D eigenvalue weighted by molar-refractivity contribution is 6.36. The van der Waals surface area contributed by atoms with Crippen LogP contribution in [0.15, 0.2) is 23.8 Å². The van der Waals surface area contributed by atoms with Crippen LogP contribution in [0.25, 0.3) is 0 Å². The van der Waals surface area contributed by atoms with Gasteiger partial charge in [0.1, 0.15) is 6.17 Å². The van der Waals surface area contributed by atoms with Crippen molar-refractivity contribution in [3.63, 3.8) is 0 Å². The Bertz CT molecular complexity index is 970. The van der Waals surface area contributed by atoms with Gasteiger partial charge in [0.2, 0.25) is 0 Å². The summed E-state index contributed by atoms with van der Waals surface area (Å²) in [6.07, 6.45) is 3.02. The lowest BCUT2D eigenvalue weighted by Gasteiger charge is -2.60. The van der Waals surface area contributed by atoms with Crippen molar-refractivity contribution in [2.24, 2.45) is 28.6 Å². The zero-order valence-electron chi connectivity index (χ0n) is 19.2. The number of carbonyl (C=O) groups is 4. The van der Waals surface area contributed by atoms with E-state index in [0.29, 0.717) is 18.4 Å². The molecule has 0 heterocycles. The molecule has 3 fully saturated rings. The quantitative estimate of drug-likeness (QED) is 0.476. The van der Waals surface area contributed by atoms with Crippen molar-refractivity contribution >= 4 is 23.5 Å². The summed E-state index contributed by atoms with van der Waals surface area (Å²) >= 11 is 0.